The summed E-state index contributed by atoms with van der Waals surface area (Å²) >= 11 is 2.28. The standard InChI is InChI=1S/C16H13N5O4S2/c1-24-14(22)10(15(23)25-2)12-18-11(9-6-4-3-5-7-9)13(27-12)19-21-16-20-17-8-26-16/h3-8,10H,1-2H3/b21-19+. The maximum atomic E-state index is 12.1. The number of hydrogen-bond acceptors (Lipinski definition) is 11. The third kappa shape index (κ3) is 4.20. The molecule has 0 saturated carbocycles. The SMILES string of the molecule is COC(=O)C(C(=O)OC)c1nc(-c2ccccc2)c(/N=N/c2nncs2)s1. The van der Waals surface area contributed by atoms with E-state index in [9.17, 15) is 9.59 Å². The minimum atomic E-state index is -1.29. The summed E-state index contributed by atoms with van der Waals surface area (Å²) < 4.78 is 9.44. The van der Waals surface area contributed by atoms with Crippen molar-refractivity contribution in [3.05, 3.63) is 40.8 Å². The van der Waals surface area contributed by atoms with Crippen molar-refractivity contribution in [1.29, 1.82) is 0 Å². The van der Waals surface area contributed by atoms with Gasteiger partial charge < -0.3 is 9.47 Å². The number of nitrogens with zero attached hydrogens (tertiary/aromatic N) is 5. The van der Waals surface area contributed by atoms with Gasteiger partial charge in [0.1, 0.15) is 16.2 Å². The maximum absolute atomic E-state index is 12.1. The molecule has 0 radical (unpaired) electrons. The topological polar surface area (TPSA) is 116 Å². The van der Waals surface area contributed by atoms with Crippen molar-refractivity contribution in [3.63, 3.8) is 0 Å². The molecule has 2 aromatic heterocycles. The summed E-state index contributed by atoms with van der Waals surface area (Å²) in [6.07, 6.45) is 0. The van der Waals surface area contributed by atoms with Gasteiger partial charge in [0.2, 0.25) is 5.92 Å². The maximum Gasteiger partial charge on any atom is 0.327 e. The largest absolute Gasteiger partial charge is 0.468 e. The molecule has 0 saturated heterocycles. The number of rotatable bonds is 6. The average molecular weight is 403 g/mol. The van der Waals surface area contributed by atoms with Gasteiger partial charge in [-0.25, -0.2) is 4.98 Å². The summed E-state index contributed by atoms with van der Waals surface area (Å²) in [5.74, 6) is -2.82. The summed E-state index contributed by atoms with van der Waals surface area (Å²) in [6.45, 7) is 0. The van der Waals surface area contributed by atoms with Gasteiger partial charge >= 0.3 is 11.9 Å². The number of methoxy groups -OCH3 is 2. The van der Waals surface area contributed by atoms with Gasteiger partial charge in [0.25, 0.3) is 5.13 Å². The number of esters is 2. The Morgan fingerprint density at radius 1 is 1.07 bits per heavy atom. The zero-order valence-electron chi connectivity index (χ0n) is 14.2. The van der Waals surface area contributed by atoms with E-state index in [1.165, 1.54) is 31.1 Å². The van der Waals surface area contributed by atoms with Crippen LogP contribution < -0.4 is 0 Å². The number of thiazole rings is 1. The highest BCUT2D eigenvalue weighted by atomic mass is 32.1. The Balaban J connectivity index is 2.08. The molecule has 3 rings (SSSR count). The number of benzene rings is 1. The summed E-state index contributed by atoms with van der Waals surface area (Å²) in [7, 11) is 2.39. The lowest BCUT2D eigenvalue weighted by atomic mass is 10.1. The normalized spacial score (nSPS) is 11.1. The van der Waals surface area contributed by atoms with Crippen LogP contribution in [0.5, 0.6) is 0 Å². The van der Waals surface area contributed by atoms with Crippen LogP contribution in [0, 0.1) is 0 Å². The first kappa shape index (κ1) is 18.7. The van der Waals surface area contributed by atoms with Crippen LogP contribution in [0.25, 0.3) is 11.3 Å². The second kappa shape index (κ2) is 8.56. The van der Waals surface area contributed by atoms with Crippen molar-refractivity contribution in [3.8, 4) is 11.3 Å². The Morgan fingerprint density at radius 3 is 2.37 bits per heavy atom. The van der Waals surface area contributed by atoms with Gasteiger partial charge in [0.15, 0.2) is 5.00 Å². The molecule has 0 aliphatic heterocycles. The monoisotopic (exact) mass is 403 g/mol. The Hall–Kier alpha value is -3.05. The Kier molecular flexibility index (Phi) is 5.94. The average Bonchev–Trinajstić information content (AvgIpc) is 3.36. The van der Waals surface area contributed by atoms with Gasteiger partial charge in [-0.2, -0.15) is 0 Å². The molecule has 0 unspecified atom stereocenters. The lowest BCUT2D eigenvalue weighted by molar-refractivity contribution is -0.154. The molecule has 0 bridgehead atoms. The minimum absolute atomic E-state index is 0.207. The van der Waals surface area contributed by atoms with Crippen molar-refractivity contribution in [1.82, 2.24) is 15.2 Å². The zero-order valence-corrected chi connectivity index (χ0v) is 15.9. The van der Waals surface area contributed by atoms with Gasteiger partial charge in [-0.3, -0.25) is 9.59 Å². The molecule has 11 heteroatoms. The van der Waals surface area contributed by atoms with Crippen LogP contribution in [0.1, 0.15) is 10.9 Å². The molecule has 0 amide bonds. The fraction of sp³-hybridized carbons (Fsp3) is 0.188. The summed E-state index contributed by atoms with van der Waals surface area (Å²) in [5, 5.41) is 16.7. The van der Waals surface area contributed by atoms with Gasteiger partial charge in [-0.15, -0.1) is 20.4 Å². The number of aromatic nitrogens is 3. The van der Waals surface area contributed by atoms with Crippen LogP contribution >= 0.6 is 22.7 Å². The van der Waals surface area contributed by atoms with E-state index in [4.69, 9.17) is 9.47 Å². The molecule has 0 spiro atoms. The van der Waals surface area contributed by atoms with Gasteiger partial charge in [-0.1, -0.05) is 53.0 Å². The van der Waals surface area contributed by atoms with Crippen LogP contribution in [0.2, 0.25) is 0 Å². The number of carbonyl (C=O) groups excluding carboxylic acids is 2. The van der Waals surface area contributed by atoms with Gasteiger partial charge in [-0.05, 0) is 0 Å². The van der Waals surface area contributed by atoms with Crippen LogP contribution in [0.15, 0.2) is 46.1 Å². The van der Waals surface area contributed by atoms with Crippen LogP contribution in [-0.4, -0.2) is 41.3 Å². The van der Waals surface area contributed by atoms with Crippen molar-refractivity contribution < 1.29 is 19.1 Å². The molecule has 0 atom stereocenters. The van der Waals surface area contributed by atoms with E-state index < -0.39 is 17.9 Å². The smallest absolute Gasteiger partial charge is 0.327 e. The van der Waals surface area contributed by atoms with E-state index in [1.54, 1.807) is 0 Å². The van der Waals surface area contributed by atoms with Crippen LogP contribution in [-0.2, 0) is 19.1 Å². The lowest BCUT2D eigenvalue weighted by Crippen LogP contribution is -2.24. The predicted octanol–water partition coefficient (Wildman–Crippen LogP) is 3.51. The number of hydrogen-bond donors (Lipinski definition) is 0. The molecular weight excluding hydrogens is 390 g/mol. The molecule has 138 valence electrons. The third-order valence-corrected chi connectivity index (χ3v) is 4.95. The Labute approximate surface area is 161 Å². The molecule has 2 heterocycles. The van der Waals surface area contributed by atoms with Crippen molar-refractivity contribution >= 4 is 44.7 Å². The zero-order chi connectivity index (χ0) is 19.2. The summed E-state index contributed by atoms with van der Waals surface area (Å²) in [4.78, 5) is 28.6. The van der Waals surface area contributed by atoms with E-state index in [2.05, 4.69) is 25.4 Å². The molecule has 0 aliphatic carbocycles. The fourth-order valence-electron chi connectivity index (χ4n) is 2.14. The van der Waals surface area contributed by atoms with E-state index >= 15 is 0 Å². The summed E-state index contributed by atoms with van der Waals surface area (Å²) in [5.41, 5.74) is 2.79. The number of ether oxygens (including phenoxy) is 2. The van der Waals surface area contributed by atoms with E-state index in [1.807, 2.05) is 30.3 Å². The Morgan fingerprint density at radius 2 is 1.78 bits per heavy atom. The molecule has 27 heavy (non-hydrogen) atoms. The highest BCUT2D eigenvalue weighted by molar-refractivity contribution is 7.16. The van der Waals surface area contributed by atoms with Crippen molar-refractivity contribution in [2.75, 3.05) is 14.2 Å². The first-order valence-electron chi connectivity index (χ1n) is 7.53. The molecule has 3 aromatic rings. The first-order chi connectivity index (χ1) is 13.1. The highest BCUT2D eigenvalue weighted by Gasteiger charge is 2.35. The van der Waals surface area contributed by atoms with E-state index in [0.717, 1.165) is 16.9 Å². The number of azo groups is 1. The van der Waals surface area contributed by atoms with Crippen LogP contribution in [0.4, 0.5) is 10.1 Å². The Bertz CT molecular complexity index is 941. The lowest BCUT2D eigenvalue weighted by Gasteiger charge is -2.08. The van der Waals surface area contributed by atoms with E-state index in [0.29, 0.717) is 15.8 Å². The molecule has 0 N–H and O–H groups in total. The van der Waals surface area contributed by atoms with E-state index in [-0.39, 0.29) is 5.01 Å². The van der Waals surface area contributed by atoms with Crippen molar-refractivity contribution in [2.24, 2.45) is 10.2 Å². The predicted molar refractivity (Wildman–Crippen MR) is 98.4 cm³/mol. The quantitative estimate of drug-likeness (QED) is 0.351. The minimum Gasteiger partial charge on any atom is -0.468 e. The molecule has 0 aliphatic rings. The second-order valence-electron chi connectivity index (χ2n) is 4.97. The second-order valence-corrected chi connectivity index (χ2v) is 6.79. The first-order valence-corrected chi connectivity index (χ1v) is 9.23. The molecule has 9 nitrogen and oxygen atoms in total. The van der Waals surface area contributed by atoms with Gasteiger partial charge in [0.05, 0.1) is 14.2 Å². The number of carbonyl (C=O) groups is 2. The molecular formula is C16H13N5O4S2. The highest BCUT2D eigenvalue weighted by Crippen LogP contribution is 2.39. The van der Waals surface area contributed by atoms with Crippen LogP contribution in [0.3, 0.4) is 0 Å². The third-order valence-electron chi connectivity index (χ3n) is 3.37. The van der Waals surface area contributed by atoms with Gasteiger partial charge in [0, 0.05) is 5.56 Å². The van der Waals surface area contributed by atoms with Crippen molar-refractivity contribution in [2.45, 2.75) is 5.92 Å². The molecule has 0 fully saturated rings. The summed E-state index contributed by atoms with van der Waals surface area (Å²) in [6, 6.07) is 9.24. The fourth-order valence-corrected chi connectivity index (χ4v) is 3.49. The molecule has 1 aromatic carbocycles.